The number of hydrogen-bond acceptors (Lipinski definition) is 5. The van der Waals surface area contributed by atoms with Gasteiger partial charge in [0.05, 0.1) is 29.2 Å². The molecule has 7 nitrogen and oxygen atoms in total. The lowest BCUT2D eigenvalue weighted by Gasteiger charge is -2.32. The summed E-state index contributed by atoms with van der Waals surface area (Å²) in [5.41, 5.74) is 0.435. The van der Waals surface area contributed by atoms with E-state index in [9.17, 15) is 26.4 Å². The highest BCUT2D eigenvalue weighted by Crippen LogP contribution is 2.42. The quantitative estimate of drug-likeness (QED) is 0.791. The van der Waals surface area contributed by atoms with Gasteiger partial charge < -0.3 is 10.2 Å². The Kier molecular flexibility index (Phi) is 5.07. The van der Waals surface area contributed by atoms with Crippen LogP contribution >= 0.6 is 0 Å². The molecule has 162 valence electrons. The van der Waals surface area contributed by atoms with Gasteiger partial charge in [-0.25, -0.2) is 13.1 Å². The van der Waals surface area contributed by atoms with E-state index in [2.05, 4.69) is 10.4 Å². The molecule has 1 aromatic rings. The van der Waals surface area contributed by atoms with Crippen molar-refractivity contribution in [3.05, 3.63) is 11.8 Å². The molecule has 2 fully saturated rings. The van der Waals surface area contributed by atoms with E-state index in [1.807, 2.05) is 6.92 Å². The van der Waals surface area contributed by atoms with E-state index in [4.69, 9.17) is 0 Å². The number of carbonyl (C=O) groups excluding carboxylic acids is 1. The lowest BCUT2D eigenvalue weighted by molar-refractivity contribution is -0.173. The number of halogens is 3. The molecule has 0 unspecified atom stereocenters. The highest BCUT2D eigenvalue weighted by Gasteiger charge is 2.47. The Morgan fingerprint density at radius 3 is 2.72 bits per heavy atom. The maximum Gasteiger partial charge on any atom is 0.410 e. The first-order chi connectivity index (χ1) is 13.6. The standard InChI is InChI=1S/C18H25F3N4O3S/c1-2-12-8-15(18(19,20)21)25-16(22-12)9-13(23-25)14-4-3-6-24(14)17(26)11-5-7-29(27,28)10-11/h9,11-12,14-15,22H,2-8,10H2,1H3/t11-,12+,14-,15+/m0/s1. The summed E-state index contributed by atoms with van der Waals surface area (Å²) in [4.78, 5) is 14.5. The van der Waals surface area contributed by atoms with Crippen molar-refractivity contribution < 1.29 is 26.4 Å². The van der Waals surface area contributed by atoms with Gasteiger partial charge in [0.25, 0.3) is 0 Å². The second-order valence-corrected chi connectivity index (χ2v) is 10.5. The van der Waals surface area contributed by atoms with Crippen molar-refractivity contribution >= 4 is 21.6 Å². The largest absolute Gasteiger partial charge is 0.410 e. The summed E-state index contributed by atoms with van der Waals surface area (Å²) >= 11 is 0. The fraction of sp³-hybridized carbons (Fsp3) is 0.778. The van der Waals surface area contributed by atoms with Gasteiger partial charge >= 0.3 is 6.18 Å². The van der Waals surface area contributed by atoms with Crippen LogP contribution in [-0.2, 0) is 14.6 Å². The van der Waals surface area contributed by atoms with Crippen LogP contribution in [0.25, 0.3) is 0 Å². The number of fused-ring (bicyclic) bond motifs is 1. The number of rotatable bonds is 3. The second-order valence-electron chi connectivity index (χ2n) is 8.23. The predicted octanol–water partition coefficient (Wildman–Crippen LogP) is 2.68. The van der Waals surface area contributed by atoms with Gasteiger partial charge in [-0.1, -0.05) is 6.92 Å². The lowest BCUT2D eigenvalue weighted by atomic mass is 10.0. The monoisotopic (exact) mass is 434 g/mol. The molecule has 1 N–H and O–H groups in total. The molecule has 4 heterocycles. The van der Waals surface area contributed by atoms with E-state index >= 15 is 0 Å². The van der Waals surface area contributed by atoms with Crippen LogP contribution in [0.4, 0.5) is 19.0 Å². The van der Waals surface area contributed by atoms with E-state index < -0.39 is 34.0 Å². The zero-order valence-electron chi connectivity index (χ0n) is 16.2. The molecule has 1 aromatic heterocycles. The minimum atomic E-state index is -4.41. The molecule has 0 aliphatic carbocycles. The molecule has 2 saturated heterocycles. The smallest absolute Gasteiger partial charge is 0.367 e. The van der Waals surface area contributed by atoms with Crippen molar-refractivity contribution in [1.82, 2.24) is 14.7 Å². The zero-order chi connectivity index (χ0) is 21.0. The minimum Gasteiger partial charge on any atom is -0.367 e. The molecular weight excluding hydrogens is 409 g/mol. The maximum atomic E-state index is 13.6. The normalized spacial score (nSPS) is 31.5. The van der Waals surface area contributed by atoms with E-state index in [1.54, 1.807) is 11.0 Å². The van der Waals surface area contributed by atoms with Gasteiger partial charge in [0.2, 0.25) is 5.91 Å². The third-order valence-corrected chi connectivity index (χ3v) is 8.01. The minimum absolute atomic E-state index is 0.0102. The van der Waals surface area contributed by atoms with Gasteiger partial charge in [0, 0.05) is 18.7 Å². The van der Waals surface area contributed by atoms with Crippen LogP contribution in [-0.4, -0.2) is 59.3 Å². The van der Waals surface area contributed by atoms with Gasteiger partial charge in [0.15, 0.2) is 15.9 Å². The first kappa shape index (κ1) is 20.5. The molecule has 0 aromatic carbocycles. The first-order valence-corrected chi connectivity index (χ1v) is 11.8. The van der Waals surface area contributed by atoms with E-state index in [0.717, 1.165) is 4.68 Å². The molecule has 4 atom stereocenters. The Bertz CT molecular complexity index is 899. The Balaban J connectivity index is 1.60. The van der Waals surface area contributed by atoms with E-state index in [0.29, 0.717) is 43.7 Å². The van der Waals surface area contributed by atoms with E-state index in [1.165, 1.54) is 0 Å². The molecule has 3 aliphatic rings. The number of carbonyl (C=O) groups is 1. The zero-order valence-corrected chi connectivity index (χ0v) is 17.0. The molecule has 3 aliphatic heterocycles. The lowest BCUT2D eigenvalue weighted by Crippen LogP contribution is -2.39. The predicted molar refractivity (Wildman–Crippen MR) is 100 cm³/mol. The van der Waals surface area contributed by atoms with Gasteiger partial charge in [-0.05, 0) is 32.1 Å². The topological polar surface area (TPSA) is 84.3 Å². The Labute approximate surface area is 167 Å². The van der Waals surface area contributed by atoms with E-state index in [-0.39, 0.29) is 29.9 Å². The van der Waals surface area contributed by atoms with Crippen LogP contribution < -0.4 is 5.32 Å². The number of aromatic nitrogens is 2. The van der Waals surface area contributed by atoms with Crippen molar-refractivity contribution in [3.63, 3.8) is 0 Å². The fourth-order valence-corrected chi connectivity index (χ4v) is 6.39. The number of likely N-dealkylation sites (tertiary alicyclic amines) is 1. The average Bonchev–Trinajstić information content (AvgIpc) is 3.35. The Morgan fingerprint density at radius 2 is 2.10 bits per heavy atom. The molecule has 0 saturated carbocycles. The molecule has 1 amide bonds. The number of alkyl halides is 3. The number of hydrogen-bond donors (Lipinski definition) is 1. The highest BCUT2D eigenvalue weighted by atomic mass is 32.2. The maximum absolute atomic E-state index is 13.6. The summed E-state index contributed by atoms with van der Waals surface area (Å²) in [5, 5.41) is 7.38. The number of sulfone groups is 1. The van der Waals surface area contributed by atoms with Gasteiger partial charge in [0.1, 0.15) is 5.82 Å². The molecular formula is C18H25F3N4O3S. The third kappa shape index (κ3) is 3.85. The van der Waals surface area contributed by atoms with Crippen LogP contribution in [0.2, 0.25) is 0 Å². The molecule has 0 bridgehead atoms. The Hall–Kier alpha value is -1.78. The van der Waals surface area contributed by atoms with Crippen molar-refractivity contribution in [1.29, 1.82) is 0 Å². The average molecular weight is 434 g/mol. The molecule has 0 spiro atoms. The van der Waals surface area contributed by atoms with Crippen LogP contribution in [0.3, 0.4) is 0 Å². The fourth-order valence-electron chi connectivity index (χ4n) is 4.66. The van der Waals surface area contributed by atoms with Crippen LogP contribution in [0.15, 0.2) is 6.07 Å². The highest BCUT2D eigenvalue weighted by molar-refractivity contribution is 7.91. The molecule has 4 rings (SSSR count). The molecule has 11 heteroatoms. The summed E-state index contributed by atoms with van der Waals surface area (Å²) in [7, 11) is -3.19. The van der Waals surface area contributed by atoms with Crippen molar-refractivity contribution in [3.8, 4) is 0 Å². The summed E-state index contributed by atoms with van der Waals surface area (Å²) in [6.07, 6.45) is -2.29. The van der Waals surface area contributed by atoms with Crippen molar-refractivity contribution in [2.24, 2.45) is 5.92 Å². The number of nitrogens with zero attached hydrogens (tertiary/aromatic N) is 3. The SMILES string of the molecule is CC[C@@H]1C[C@H](C(F)(F)F)n2nc([C@@H]3CCCN3C(=O)[C@H]3CCS(=O)(=O)C3)cc2N1. The molecule has 0 radical (unpaired) electrons. The third-order valence-electron chi connectivity index (χ3n) is 6.24. The van der Waals surface area contributed by atoms with Gasteiger partial charge in [-0.2, -0.15) is 18.3 Å². The number of amides is 1. The second kappa shape index (κ2) is 7.17. The van der Waals surface area contributed by atoms with Crippen LogP contribution in [0.1, 0.15) is 56.8 Å². The Morgan fingerprint density at radius 1 is 1.34 bits per heavy atom. The van der Waals surface area contributed by atoms with Crippen molar-refractivity contribution in [2.75, 3.05) is 23.4 Å². The summed E-state index contributed by atoms with van der Waals surface area (Å²) in [6.45, 7) is 2.31. The summed E-state index contributed by atoms with van der Waals surface area (Å²) < 4.78 is 65.2. The number of nitrogens with one attached hydrogen (secondary N) is 1. The molecule has 29 heavy (non-hydrogen) atoms. The van der Waals surface area contributed by atoms with Crippen LogP contribution in [0, 0.1) is 5.92 Å². The summed E-state index contributed by atoms with van der Waals surface area (Å²) in [6, 6.07) is -0.784. The van der Waals surface area contributed by atoms with Crippen LogP contribution in [0.5, 0.6) is 0 Å². The van der Waals surface area contributed by atoms with Gasteiger partial charge in [-0.3, -0.25) is 4.79 Å². The van der Waals surface area contributed by atoms with Crippen molar-refractivity contribution in [2.45, 2.75) is 63.3 Å². The van der Waals surface area contributed by atoms with Gasteiger partial charge in [-0.15, -0.1) is 0 Å². The summed E-state index contributed by atoms with van der Waals surface area (Å²) in [5.74, 6) is -0.612. The number of anilines is 1. The first-order valence-electron chi connectivity index (χ1n) is 10.0.